The van der Waals surface area contributed by atoms with Gasteiger partial charge in [-0.3, -0.25) is 14.7 Å². The van der Waals surface area contributed by atoms with Crippen molar-refractivity contribution in [2.75, 3.05) is 6.26 Å². The molecule has 5 N–H and O–H groups in total. The molecular weight excluding hydrogens is 202 g/mol. The fourth-order valence-corrected chi connectivity index (χ4v) is 1.87. The molecule has 0 fully saturated rings. The van der Waals surface area contributed by atoms with Crippen LogP contribution in [0.15, 0.2) is 23.3 Å². The Morgan fingerprint density at radius 2 is 2.36 bits per heavy atom. The number of carbonyl (C=O) groups excluding carboxylic acids is 2. The predicted molar refractivity (Wildman–Crippen MR) is 57.3 cm³/mol. The summed E-state index contributed by atoms with van der Waals surface area (Å²) in [5.74, 6) is -0.224. The maximum atomic E-state index is 11.3. The standard InChI is InChI=1S/C8H13N3O2S/c1-14(10,8(9)13)5-6-3-2-4-11-7(6)12/h2,4-5H,3,10H2,1H3,(H2,9,13)(H,11,12)/b6-5-. The molecule has 0 aromatic carbocycles. The Labute approximate surface area is 83.7 Å². The highest BCUT2D eigenvalue weighted by Gasteiger charge is 2.20. The van der Waals surface area contributed by atoms with Crippen molar-refractivity contribution >= 4 is 21.4 Å². The highest BCUT2D eigenvalue weighted by molar-refractivity contribution is 8.45. The van der Waals surface area contributed by atoms with Gasteiger partial charge >= 0.3 is 0 Å². The largest absolute Gasteiger partial charge is 0.361 e. The molecule has 1 aliphatic heterocycles. The Kier molecular flexibility index (Phi) is 2.97. The number of hydrogen-bond donors (Lipinski definition) is 3. The quantitative estimate of drug-likeness (QED) is 0.548. The first-order valence-corrected chi connectivity index (χ1v) is 6.12. The summed E-state index contributed by atoms with van der Waals surface area (Å²) in [7, 11) is -2.15. The van der Waals surface area contributed by atoms with Crippen LogP contribution in [0.5, 0.6) is 0 Å². The first kappa shape index (κ1) is 10.8. The van der Waals surface area contributed by atoms with Crippen LogP contribution in [-0.4, -0.2) is 17.4 Å². The number of amides is 2. The Morgan fingerprint density at radius 3 is 2.86 bits per heavy atom. The molecule has 1 aliphatic rings. The average Bonchev–Trinajstić information content (AvgIpc) is 2.08. The normalized spacial score (nSPS) is 25.3. The highest BCUT2D eigenvalue weighted by atomic mass is 32.3. The SMILES string of the molecule is CS(N)(/C=C1/CC=CNC1=O)C(N)=O. The van der Waals surface area contributed by atoms with Gasteiger partial charge in [0.25, 0.3) is 11.1 Å². The molecule has 0 bridgehead atoms. The highest BCUT2D eigenvalue weighted by Crippen LogP contribution is 2.38. The molecule has 1 rings (SSSR count). The number of nitrogens with two attached hydrogens (primary N) is 2. The van der Waals surface area contributed by atoms with E-state index in [4.69, 9.17) is 10.9 Å². The summed E-state index contributed by atoms with van der Waals surface area (Å²) >= 11 is 0. The van der Waals surface area contributed by atoms with Gasteiger partial charge in [-0.1, -0.05) is 16.3 Å². The average molecular weight is 215 g/mol. The monoisotopic (exact) mass is 215 g/mol. The second kappa shape index (κ2) is 3.85. The van der Waals surface area contributed by atoms with Crippen LogP contribution in [0.4, 0.5) is 4.79 Å². The van der Waals surface area contributed by atoms with E-state index in [1.807, 2.05) is 0 Å². The minimum atomic E-state index is -2.15. The van der Waals surface area contributed by atoms with Crippen LogP contribution in [-0.2, 0) is 4.79 Å². The van der Waals surface area contributed by atoms with E-state index in [0.717, 1.165) is 0 Å². The maximum absolute atomic E-state index is 11.3. The van der Waals surface area contributed by atoms with E-state index in [-0.39, 0.29) is 5.91 Å². The Hall–Kier alpha value is -1.27. The fourth-order valence-electron chi connectivity index (χ4n) is 0.961. The van der Waals surface area contributed by atoms with Crippen molar-refractivity contribution in [1.29, 1.82) is 0 Å². The van der Waals surface area contributed by atoms with Crippen molar-refractivity contribution in [2.45, 2.75) is 6.42 Å². The summed E-state index contributed by atoms with van der Waals surface area (Å²) in [5, 5.41) is 9.10. The third-order valence-electron chi connectivity index (χ3n) is 1.78. The zero-order valence-corrected chi connectivity index (χ0v) is 8.64. The molecule has 5 nitrogen and oxygen atoms in total. The maximum Gasteiger partial charge on any atom is 0.274 e. The second-order valence-electron chi connectivity index (χ2n) is 3.09. The zero-order valence-electron chi connectivity index (χ0n) is 7.82. The summed E-state index contributed by atoms with van der Waals surface area (Å²) in [6.45, 7) is 0. The molecule has 0 aromatic rings. The summed E-state index contributed by atoms with van der Waals surface area (Å²) < 4.78 is 0. The van der Waals surface area contributed by atoms with Gasteiger partial charge in [0.2, 0.25) is 0 Å². The molecule has 0 saturated heterocycles. The molecule has 1 unspecified atom stereocenters. The molecule has 6 heteroatoms. The van der Waals surface area contributed by atoms with E-state index < -0.39 is 15.5 Å². The summed E-state index contributed by atoms with van der Waals surface area (Å²) in [5.41, 5.74) is 5.60. The minimum Gasteiger partial charge on any atom is -0.361 e. The lowest BCUT2D eigenvalue weighted by Crippen LogP contribution is -2.27. The lowest BCUT2D eigenvalue weighted by Gasteiger charge is -2.23. The number of nitrogens with one attached hydrogen (secondary N) is 1. The van der Waals surface area contributed by atoms with Gasteiger partial charge in [0, 0.05) is 11.8 Å². The first-order valence-electron chi connectivity index (χ1n) is 3.95. The van der Waals surface area contributed by atoms with Crippen LogP contribution in [0.3, 0.4) is 0 Å². The molecule has 78 valence electrons. The van der Waals surface area contributed by atoms with E-state index in [2.05, 4.69) is 5.32 Å². The molecule has 1 atom stereocenters. The van der Waals surface area contributed by atoms with Gasteiger partial charge in [0.15, 0.2) is 0 Å². The van der Waals surface area contributed by atoms with E-state index in [9.17, 15) is 9.59 Å². The van der Waals surface area contributed by atoms with E-state index in [1.54, 1.807) is 18.5 Å². The molecule has 0 radical (unpaired) electrons. The molecular formula is C8H13N3O2S. The third-order valence-corrected chi connectivity index (χ3v) is 3.42. The minimum absolute atomic E-state index is 0.224. The number of carbonyl (C=O) groups is 2. The van der Waals surface area contributed by atoms with Gasteiger partial charge in [-0.05, 0) is 18.1 Å². The van der Waals surface area contributed by atoms with Crippen molar-refractivity contribution in [2.24, 2.45) is 10.9 Å². The van der Waals surface area contributed by atoms with Crippen LogP contribution in [0.25, 0.3) is 0 Å². The van der Waals surface area contributed by atoms with Gasteiger partial charge in [0.05, 0.1) is 0 Å². The molecule has 1 heterocycles. The number of primary amides is 1. The lowest BCUT2D eigenvalue weighted by molar-refractivity contribution is -0.116. The Balaban J connectivity index is 2.92. The van der Waals surface area contributed by atoms with Crippen LogP contribution in [0, 0.1) is 0 Å². The molecule has 2 amide bonds. The van der Waals surface area contributed by atoms with Gasteiger partial charge in [-0.25, -0.2) is 0 Å². The van der Waals surface area contributed by atoms with Crippen molar-refractivity contribution in [3.05, 3.63) is 23.3 Å². The zero-order chi connectivity index (χ0) is 10.8. The van der Waals surface area contributed by atoms with Gasteiger partial charge in [-0.2, -0.15) is 0 Å². The van der Waals surface area contributed by atoms with Crippen LogP contribution in [0.1, 0.15) is 6.42 Å². The topological polar surface area (TPSA) is 98.2 Å². The van der Waals surface area contributed by atoms with Crippen LogP contribution < -0.4 is 16.2 Å². The number of hydrogen-bond acceptors (Lipinski definition) is 3. The Bertz CT molecular complexity index is 333. The molecule has 0 aliphatic carbocycles. The van der Waals surface area contributed by atoms with Crippen molar-refractivity contribution in [3.63, 3.8) is 0 Å². The summed E-state index contributed by atoms with van der Waals surface area (Å²) in [6, 6.07) is 0. The van der Waals surface area contributed by atoms with E-state index >= 15 is 0 Å². The van der Waals surface area contributed by atoms with Gasteiger partial charge in [0.1, 0.15) is 0 Å². The molecule has 0 aromatic heterocycles. The predicted octanol–water partition coefficient (Wildman–Crippen LogP) is 0.291. The van der Waals surface area contributed by atoms with E-state index in [0.29, 0.717) is 12.0 Å². The molecule has 0 saturated carbocycles. The van der Waals surface area contributed by atoms with Crippen LogP contribution in [0.2, 0.25) is 0 Å². The third kappa shape index (κ3) is 2.36. The van der Waals surface area contributed by atoms with Crippen molar-refractivity contribution in [1.82, 2.24) is 5.32 Å². The van der Waals surface area contributed by atoms with Crippen molar-refractivity contribution in [3.8, 4) is 0 Å². The smallest absolute Gasteiger partial charge is 0.274 e. The number of allylic oxidation sites excluding steroid dienone is 1. The number of rotatable bonds is 1. The van der Waals surface area contributed by atoms with Gasteiger partial charge in [-0.15, -0.1) is 0 Å². The van der Waals surface area contributed by atoms with Gasteiger partial charge < -0.3 is 11.1 Å². The lowest BCUT2D eigenvalue weighted by atomic mass is 10.1. The summed E-state index contributed by atoms with van der Waals surface area (Å²) in [4.78, 5) is 22.2. The van der Waals surface area contributed by atoms with E-state index in [1.165, 1.54) is 5.41 Å². The summed E-state index contributed by atoms with van der Waals surface area (Å²) in [6.07, 6.45) is 5.38. The van der Waals surface area contributed by atoms with Crippen molar-refractivity contribution < 1.29 is 9.59 Å². The van der Waals surface area contributed by atoms with Crippen LogP contribution >= 0.6 is 10.2 Å². The molecule has 14 heavy (non-hydrogen) atoms. The fraction of sp³-hybridized carbons (Fsp3) is 0.250. The second-order valence-corrected chi connectivity index (χ2v) is 5.82. The molecule has 0 spiro atoms. The first-order chi connectivity index (χ1) is 6.43. The Morgan fingerprint density at radius 1 is 1.71 bits per heavy atom.